The summed E-state index contributed by atoms with van der Waals surface area (Å²) in [7, 11) is 10.7. The van der Waals surface area contributed by atoms with Gasteiger partial charge in [-0.2, -0.15) is 35.5 Å². The van der Waals surface area contributed by atoms with E-state index in [9.17, 15) is 0 Å². The van der Waals surface area contributed by atoms with Crippen LogP contribution in [0.25, 0.3) is 33.0 Å². The number of rotatable bonds is 4. The van der Waals surface area contributed by atoms with Crippen molar-refractivity contribution < 1.29 is 20.8 Å². The minimum absolute atomic E-state index is 0.574. The zero-order valence-electron chi connectivity index (χ0n) is 22.4. The Balaban J connectivity index is 0.000000177. The smallest absolute Gasteiger partial charge is 0.0920 e. The van der Waals surface area contributed by atoms with Gasteiger partial charge in [-0.05, 0) is 23.8 Å². The molecule has 1 aliphatic rings. The summed E-state index contributed by atoms with van der Waals surface area (Å²) < 4.78 is 0. The van der Waals surface area contributed by atoms with Crippen molar-refractivity contribution in [1.29, 1.82) is 0 Å². The summed E-state index contributed by atoms with van der Waals surface area (Å²) in [5.41, 5.74) is 8.44. The summed E-state index contributed by atoms with van der Waals surface area (Å²) in [5.74, 6) is 1.24. The number of benzene rings is 4. The maximum absolute atomic E-state index is 4.93. The molecule has 0 N–H and O–H groups in total. The Morgan fingerprint density at radius 2 is 1.53 bits per heavy atom. The van der Waals surface area contributed by atoms with Crippen LogP contribution in [0, 0.1) is 12.0 Å². The molecule has 0 nitrogen and oxygen atoms in total. The van der Waals surface area contributed by atoms with Crippen LogP contribution in [0.2, 0.25) is 0 Å². The normalized spacial score (nSPS) is 11.3. The van der Waals surface area contributed by atoms with Crippen LogP contribution in [-0.4, -0.2) is 9.52 Å². The summed E-state index contributed by atoms with van der Waals surface area (Å²) in [6.07, 6.45) is 1.13. The fourth-order valence-electron chi connectivity index (χ4n) is 4.97. The Labute approximate surface area is 249 Å². The van der Waals surface area contributed by atoms with E-state index in [1.165, 1.54) is 54.5 Å². The van der Waals surface area contributed by atoms with E-state index >= 15 is 0 Å². The van der Waals surface area contributed by atoms with Gasteiger partial charge in [0.25, 0.3) is 0 Å². The number of fused-ring (bicyclic) bond motifs is 4. The van der Waals surface area contributed by atoms with E-state index in [0.29, 0.717) is 11.8 Å². The van der Waals surface area contributed by atoms with Crippen molar-refractivity contribution in [3.05, 3.63) is 114 Å². The molecule has 38 heavy (non-hydrogen) atoms. The molecule has 0 saturated carbocycles. The van der Waals surface area contributed by atoms with E-state index in [2.05, 4.69) is 125 Å². The van der Waals surface area contributed by atoms with Gasteiger partial charge in [-0.3, -0.25) is 0 Å². The van der Waals surface area contributed by atoms with Crippen molar-refractivity contribution in [2.24, 2.45) is 5.92 Å². The molecule has 4 heteroatoms. The summed E-state index contributed by atoms with van der Waals surface area (Å²) in [4.78, 5) is 0. The van der Waals surface area contributed by atoms with Crippen LogP contribution in [0.5, 0.6) is 0 Å². The van der Waals surface area contributed by atoms with E-state index in [1.54, 1.807) is 0 Å². The van der Waals surface area contributed by atoms with Crippen LogP contribution in [0.4, 0.5) is 0 Å². The zero-order chi connectivity index (χ0) is 27.1. The molecule has 0 saturated heterocycles. The first-order valence-electron chi connectivity index (χ1n) is 13.0. The number of hydrogen-bond acceptors (Lipinski definition) is 0. The molecule has 6 rings (SSSR count). The van der Waals surface area contributed by atoms with Crippen LogP contribution in [0.15, 0.2) is 97.1 Å². The molecule has 2 radical (unpaired) electrons. The molecule has 0 bridgehead atoms. The first-order valence-corrected chi connectivity index (χ1v) is 20.4. The third kappa shape index (κ3) is 7.02. The second-order valence-corrected chi connectivity index (χ2v) is 15.2. The molecule has 0 spiro atoms. The van der Waals surface area contributed by atoms with Crippen LogP contribution in [0.1, 0.15) is 44.7 Å². The topological polar surface area (TPSA) is 0 Å². The third-order valence-corrected chi connectivity index (χ3v) is 8.06. The van der Waals surface area contributed by atoms with Gasteiger partial charge in [-0.1, -0.05) is 104 Å². The van der Waals surface area contributed by atoms with Gasteiger partial charge in [0.05, 0.1) is 9.52 Å². The monoisotopic (exact) mass is 628 g/mol. The maximum atomic E-state index is 4.93. The van der Waals surface area contributed by atoms with Gasteiger partial charge < -0.3 is 0 Å². The molecule has 190 valence electrons. The molecule has 0 fully saturated rings. The van der Waals surface area contributed by atoms with Crippen molar-refractivity contribution in [2.75, 3.05) is 0 Å². The third-order valence-electron chi connectivity index (χ3n) is 6.69. The Kier molecular flexibility index (Phi) is 10.7. The Morgan fingerprint density at radius 1 is 0.842 bits per heavy atom. The van der Waals surface area contributed by atoms with Gasteiger partial charge in [-0.25, -0.2) is 0 Å². The van der Waals surface area contributed by atoms with Crippen molar-refractivity contribution in [1.82, 2.24) is 0 Å². The fraction of sp³-hybridized carbons (Fsp3) is 0.206. The van der Waals surface area contributed by atoms with Crippen molar-refractivity contribution >= 4 is 47.7 Å². The molecule has 5 aromatic carbocycles. The molecule has 0 aromatic heterocycles. The van der Waals surface area contributed by atoms with E-state index < -0.39 is 20.8 Å². The molecule has 0 unspecified atom stereocenters. The van der Waals surface area contributed by atoms with E-state index in [-0.39, 0.29) is 0 Å². The molecule has 1 aliphatic heterocycles. The van der Waals surface area contributed by atoms with Gasteiger partial charge in [-0.15, -0.1) is 40.1 Å². The average Bonchev–Trinajstić information content (AvgIpc) is 3.52. The van der Waals surface area contributed by atoms with Gasteiger partial charge in [0.1, 0.15) is 0 Å². The molecular weight excluding hydrogens is 599 g/mol. The maximum Gasteiger partial charge on any atom is 0.0920 e. The molecule has 0 atom stereocenters. The minimum atomic E-state index is -0.826. The summed E-state index contributed by atoms with van der Waals surface area (Å²) in [6, 6.07) is 38.4. The second kappa shape index (κ2) is 14.0. The van der Waals surface area contributed by atoms with Gasteiger partial charge in [0.2, 0.25) is 0 Å². The van der Waals surface area contributed by atoms with E-state index in [0.717, 1.165) is 15.9 Å². The van der Waals surface area contributed by atoms with Gasteiger partial charge >= 0.3 is 37.9 Å². The Morgan fingerprint density at radius 3 is 2.24 bits per heavy atom. The first-order chi connectivity index (χ1) is 18.4. The van der Waals surface area contributed by atoms with Crippen molar-refractivity contribution in [3.63, 3.8) is 0 Å². The quantitative estimate of drug-likeness (QED) is 0.135. The second-order valence-electron chi connectivity index (χ2n) is 10.2. The first kappa shape index (κ1) is 29.2. The summed E-state index contributed by atoms with van der Waals surface area (Å²) >= 11 is -0.826. The number of hydrogen-bond donors (Lipinski definition) is 0. The number of halogens is 2. The van der Waals surface area contributed by atoms with Crippen LogP contribution in [-0.2, 0) is 27.3 Å². The van der Waals surface area contributed by atoms with E-state index in [4.69, 9.17) is 17.0 Å². The van der Waals surface area contributed by atoms with Crippen LogP contribution >= 0.6 is 17.0 Å². The van der Waals surface area contributed by atoms with Crippen LogP contribution in [0.3, 0.4) is 0 Å². The Bertz CT molecular complexity index is 1430. The van der Waals surface area contributed by atoms with E-state index in [1.807, 2.05) is 6.07 Å². The zero-order valence-corrected chi connectivity index (χ0v) is 27.3. The van der Waals surface area contributed by atoms with Gasteiger partial charge in [0.15, 0.2) is 0 Å². The summed E-state index contributed by atoms with van der Waals surface area (Å²) in [6.45, 7) is 9.13. The molecule has 0 aliphatic carbocycles. The minimum Gasteiger partial charge on any atom is -0.184 e. The van der Waals surface area contributed by atoms with Crippen molar-refractivity contribution in [2.45, 2.75) is 40.0 Å². The fourth-order valence-corrected chi connectivity index (χ4v) is 6.28. The molecular formula is C34H32Cl2SiZr. The standard InChI is InChI=1S/C22H25.C12H7Si.2ClH.Zr/c1-15(2)12-19-11-10-18-13-20(16(3)4)14-21(18)22(19)17-8-6-5-7-9-17;1-3-7-11-9(5-1)10-6-2-4-8-12(10)13-11;;;/h5-11,13-16H,12H2,1-4H3;1-7H;2*1H;/q2*-1;;;+4/p-2. The predicted octanol–water partition coefficient (Wildman–Crippen LogP) is 9.05. The largest absolute Gasteiger partial charge is 0.184 e. The predicted molar refractivity (Wildman–Crippen MR) is 165 cm³/mol. The molecule has 0 amide bonds. The Hall–Kier alpha value is -1.83. The van der Waals surface area contributed by atoms with Crippen molar-refractivity contribution in [3.8, 4) is 22.3 Å². The average molecular weight is 631 g/mol. The molecule has 1 heterocycles. The summed E-state index contributed by atoms with van der Waals surface area (Å²) in [5, 5.41) is 5.60. The van der Waals surface area contributed by atoms with Gasteiger partial charge in [0, 0.05) is 0 Å². The SMILES string of the molecule is CC(C)Cc1ccc2[cH-]c(C(C)C)cc2c1-c1ccccc1.[Cl][Zr+2][Cl].[c-]1cccc2c1[Si]c1ccccc1-2. The van der Waals surface area contributed by atoms with Crippen LogP contribution < -0.4 is 10.4 Å². The molecule has 5 aromatic rings.